The van der Waals surface area contributed by atoms with Crippen molar-refractivity contribution in [3.63, 3.8) is 0 Å². The molecule has 0 bridgehead atoms. The van der Waals surface area contributed by atoms with Crippen LogP contribution in [0, 0.1) is 20.8 Å². The fourth-order valence-electron chi connectivity index (χ4n) is 7.09. The Morgan fingerprint density at radius 1 is 1.00 bits per heavy atom. The van der Waals surface area contributed by atoms with Crippen LogP contribution >= 0.6 is 0 Å². The van der Waals surface area contributed by atoms with E-state index in [1.807, 2.05) is 71.0 Å². The number of carbonyl (C=O) groups excluding carboxylic acids is 2. The van der Waals surface area contributed by atoms with Crippen molar-refractivity contribution in [2.45, 2.75) is 96.1 Å². The lowest BCUT2D eigenvalue weighted by Crippen LogP contribution is -2.43. The highest BCUT2D eigenvalue weighted by atomic mass is 32.2. The zero-order valence-electron chi connectivity index (χ0n) is 31.6. The predicted octanol–water partition coefficient (Wildman–Crippen LogP) is 6.77. The molecule has 5 rings (SSSR count). The molecule has 12 heteroatoms. The summed E-state index contributed by atoms with van der Waals surface area (Å²) in [6.45, 7) is 15.9. The van der Waals surface area contributed by atoms with Gasteiger partial charge in [0.1, 0.15) is 30.6 Å². The van der Waals surface area contributed by atoms with Gasteiger partial charge in [-0.2, -0.15) is 0 Å². The van der Waals surface area contributed by atoms with Crippen molar-refractivity contribution in [1.82, 2.24) is 15.4 Å². The second kappa shape index (κ2) is 16.9. The van der Waals surface area contributed by atoms with Crippen molar-refractivity contribution >= 4 is 28.0 Å². The van der Waals surface area contributed by atoms with E-state index in [9.17, 15) is 18.0 Å². The Morgan fingerprint density at radius 2 is 1.66 bits per heavy atom. The molecule has 2 aliphatic rings. The Morgan fingerprint density at radius 3 is 2.30 bits per heavy atom. The van der Waals surface area contributed by atoms with Crippen molar-refractivity contribution in [2.75, 3.05) is 26.3 Å². The molecular formula is C41H52N4O7S. The molecule has 1 amide bonds. The molecule has 1 aliphatic carbocycles. The van der Waals surface area contributed by atoms with E-state index in [-0.39, 0.29) is 43.0 Å². The van der Waals surface area contributed by atoms with Crippen LogP contribution in [0.5, 0.6) is 5.75 Å². The number of hydrogen-bond donors (Lipinski definition) is 3. The zero-order valence-corrected chi connectivity index (χ0v) is 32.5. The van der Waals surface area contributed by atoms with Gasteiger partial charge in [-0.25, -0.2) is 22.7 Å². The predicted molar refractivity (Wildman–Crippen MR) is 207 cm³/mol. The number of benzene rings is 3. The number of nitrogens with one attached hydrogen (secondary N) is 3. The monoisotopic (exact) mass is 744 g/mol. The van der Waals surface area contributed by atoms with E-state index in [1.165, 1.54) is 6.08 Å². The summed E-state index contributed by atoms with van der Waals surface area (Å²) in [5, 5.41) is 5.81. The molecule has 3 N–H and O–H groups in total. The summed E-state index contributed by atoms with van der Waals surface area (Å²) in [5.74, 6) is 0.105. The lowest BCUT2D eigenvalue weighted by molar-refractivity contribution is -0.145. The summed E-state index contributed by atoms with van der Waals surface area (Å²) in [6.07, 6.45) is 3.54. The number of unbranched alkanes of at least 4 members (excludes halogenated alkanes) is 1. The fourth-order valence-corrected chi connectivity index (χ4v) is 8.67. The van der Waals surface area contributed by atoms with Gasteiger partial charge in [0, 0.05) is 31.0 Å². The van der Waals surface area contributed by atoms with Crippen LogP contribution in [-0.2, 0) is 30.7 Å². The third kappa shape index (κ3) is 9.04. The third-order valence-electron chi connectivity index (χ3n) is 9.80. The highest BCUT2D eigenvalue weighted by molar-refractivity contribution is 7.90. The number of carbonyl (C=O) groups is 2. The summed E-state index contributed by atoms with van der Waals surface area (Å²) in [5.41, 5.74) is 6.94. The average Bonchev–Trinajstić information content (AvgIpc) is 3.63. The van der Waals surface area contributed by atoms with Crippen LogP contribution in [0.15, 0.2) is 71.1 Å². The van der Waals surface area contributed by atoms with E-state index < -0.39 is 33.7 Å². The molecule has 1 heterocycles. The van der Waals surface area contributed by atoms with Gasteiger partial charge in [0.2, 0.25) is 5.96 Å². The Kier molecular flexibility index (Phi) is 12.5. The minimum Gasteiger partial charge on any atom is -0.487 e. The highest BCUT2D eigenvalue weighted by Crippen LogP contribution is 2.45. The lowest BCUT2D eigenvalue weighted by Gasteiger charge is -2.20. The van der Waals surface area contributed by atoms with Crippen LogP contribution < -0.4 is 20.1 Å². The number of nitrogens with zero attached hydrogens (tertiary/aromatic N) is 1. The number of alkyl carbamates (subject to hydrolysis) is 1. The summed E-state index contributed by atoms with van der Waals surface area (Å²) in [4.78, 5) is 30.9. The maximum atomic E-state index is 14.0. The largest absolute Gasteiger partial charge is 0.487 e. The van der Waals surface area contributed by atoms with Crippen LogP contribution in [0.3, 0.4) is 0 Å². The molecule has 0 spiro atoms. The smallest absolute Gasteiger partial charge is 0.407 e. The Hall–Kier alpha value is -4.84. The van der Waals surface area contributed by atoms with E-state index in [1.54, 1.807) is 6.92 Å². The highest BCUT2D eigenvalue weighted by Gasteiger charge is 2.37. The van der Waals surface area contributed by atoms with E-state index in [2.05, 4.69) is 39.1 Å². The summed E-state index contributed by atoms with van der Waals surface area (Å²) >= 11 is 0. The van der Waals surface area contributed by atoms with Crippen LogP contribution in [-0.4, -0.2) is 64.4 Å². The van der Waals surface area contributed by atoms with Crippen molar-refractivity contribution in [3.8, 4) is 16.9 Å². The molecule has 284 valence electrons. The van der Waals surface area contributed by atoms with Gasteiger partial charge >= 0.3 is 12.1 Å². The molecule has 1 atom stereocenters. The standard InChI is InChI=1S/C41H52N4O7S/c1-8-10-21-42-39(45-53(48,49)37-27(4)26(3)36-33(28(37)5)24-41(6,7)52-36)43-22-15-20-35(38(46)50-23-9-2)44-40(47)51-25-34-31-18-13-11-16-29(31)30-17-12-14-19-32(30)34/h9,11-14,16-19,34-35H,2,8,10,15,20-25H2,1,3-7H3,(H,44,47)(H2,42,43,45)/t35-/m0/s1. The summed E-state index contributed by atoms with van der Waals surface area (Å²) in [7, 11) is -4.04. The van der Waals surface area contributed by atoms with Gasteiger partial charge in [0.15, 0.2) is 0 Å². The normalized spacial score (nSPS) is 15.0. The number of amides is 1. The molecule has 3 aromatic carbocycles. The number of aliphatic imine (C=N–C) groups is 1. The summed E-state index contributed by atoms with van der Waals surface area (Å²) in [6, 6.07) is 15.1. The first-order chi connectivity index (χ1) is 25.3. The SMILES string of the molecule is C=CCOC(=O)[C@H](CCCN=C(NCCCC)NS(=O)(=O)c1c(C)c(C)c2c(c1C)CC(C)(C)O2)NC(=O)OCC1c2ccccc2-c2ccccc21. The minimum absolute atomic E-state index is 0.0161. The number of esters is 1. The zero-order chi connectivity index (χ0) is 38.3. The first kappa shape index (κ1) is 39.4. The number of guanidine groups is 1. The molecule has 53 heavy (non-hydrogen) atoms. The third-order valence-corrected chi connectivity index (χ3v) is 11.4. The number of hydrogen-bond acceptors (Lipinski definition) is 8. The molecule has 0 unspecified atom stereocenters. The molecule has 0 saturated carbocycles. The molecule has 0 fully saturated rings. The van der Waals surface area contributed by atoms with E-state index in [4.69, 9.17) is 14.2 Å². The number of ether oxygens (including phenoxy) is 3. The first-order valence-electron chi connectivity index (χ1n) is 18.3. The van der Waals surface area contributed by atoms with Crippen molar-refractivity contribution in [1.29, 1.82) is 0 Å². The van der Waals surface area contributed by atoms with E-state index >= 15 is 0 Å². The topological polar surface area (TPSA) is 144 Å². The lowest BCUT2D eigenvalue weighted by atomic mass is 9.94. The first-order valence-corrected chi connectivity index (χ1v) is 19.8. The molecule has 1 aliphatic heterocycles. The van der Waals surface area contributed by atoms with Gasteiger partial charge in [-0.3, -0.25) is 4.99 Å². The number of sulfonamides is 1. The van der Waals surface area contributed by atoms with Crippen molar-refractivity contribution < 1.29 is 32.2 Å². The molecule has 0 radical (unpaired) electrons. The minimum atomic E-state index is -4.04. The van der Waals surface area contributed by atoms with Crippen LogP contribution in [0.25, 0.3) is 11.1 Å². The van der Waals surface area contributed by atoms with Crippen LogP contribution in [0.2, 0.25) is 0 Å². The second-order valence-electron chi connectivity index (χ2n) is 14.2. The van der Waals surface area contributed by atoms with Gasteiger partial charge in [0.25, 0.3) is 10.0 Å². The van der Waals surface area contributed by atoms with Gasteiger partial charge in [0.05, 0.1) is 4.90 Å². The molecule has 0 saturated heterocycles. The molecule has 0 aromatic heterocycles. The molecule has 11 nitrogen and oxygen atoms in total. The van der Waals surface area contributed by atoms with Gasteiger partial charge < -0.3 is 24.8 Å². The fraction of sp³-hybridized carbons (Fsp3) is 0.439. The quantitative estimate of drug-likeness (QED) is 0.0509. The number of fused-ring (bicyclic) bond motifs is 4. The maximum absolute atomic E-state index is 14.0. The van der Waals surface area contributed by atoms with Crippen molar-refractivity contribution in [3.05, 3.63) is 94.6 Å². The Balaban J connectivity index is 1.26. The average molecular weight is 745 g/mol. The van der Waals surface area contributed by atoms with E-state index in [0.717, 1.165) is 52.0 Å². The van der Waals surface area contributed by atoms with Gasteiger partial charge in [-0.1, -0.05) is 74.5 Å². The Bertz CT molecular complexity index is 1940. The van der Waals surface area contributed by atoms with Gasteiger partial charge in [-0.05, 0) is 92.8 Å². The van der Waals surface area contributed by atoms with Crippen LogP contribution in [0.1, 0.15) is 85.8 Å². The van der Waals surface area contributed by atoms with Crippen LogP contribution in [0.4, 0.5) is 4.79 Å². The summed E-state index contributed by atoms with van der Waals surface area (Å²) < 4.78 is 47.8. The van der Waals surface area contributed by atoms with Crippen molar-refractivity contribution in [2.24, 2.45) is 4.99 Å². The molecule has 3 aromatic rings. The maximum Gasteiger partial charge on any atom is 0.407 e. The van der Waals surface area contributed by atoms with E-state index in [0.29, 0.717) is 30.5 Å². The second-order valence-corrected chi connectivity index (χ2v) is 15.9. The Labute approximate surface area is 313 Å². The number of rotatable bonds is 15. The molecular weight excluding hydrogens is 693 g/mol. The van der Waals surface area contributed by atoms with Gasteiger partial charge in [-0.15, -0.1) is 0 Å².